The molecule has 2 rings (SSSR count). The van der Waals surface area contributed by atoms with Gasteiger partial charge in [-0.3, -0.25) is 0 Å². The van der Waals surface area contributed by atoms with Crippen molar-refractivity contribution in [3.63, 3.8) is 0 Å². The van der Waals surface area contributed by atoms with Gasteiger partial charge in [-0.2, -0.15) is 0 Å². The van der Waals surface area contributed by atoms with Crippen molar-refractivity contribution < 1.29 is 4.74 Å². The van der Waals surface area contributed by atoms with E-state index in [0.717, 1.165) is 16.8 Å². The number of halogens is 1. The fourth-order valence-corrected chi connectivity index (χ4v) is 2.42. The van der Waals surface area contributed by atoms with Crippen molar-refractivity contribution in [3.05, 3.63) is 22.7 Å². The van der Waals surface area contributed by atoms with Gasteiger partial charge < -0.3 is 9.64 Å². The third kappa shape index (κ3) is 2.65. The van der Waals surface area contributed by atoms with Gasteiger partial charge in [0.2, 0.25) is 0 Å². The molecular formula is C12H16BrNO. The lowest BCUT2D eigenvalue weighted by Crippen LogP contribution is -2.17. The SMILES string of the molecule is CCOc1cc(Br)cc(N2CCCC2)c1. The molecule has 3 heteroatoms. The van der Waals surface area contributed by atoms with E-state index < -0.39 is 0 Å². The maximum absolute atomic E-state index is 5.53. The molecule has 1 aromatic rings. The highest BCUT2D eigenvalue weighted by molar-refractivity contribution is 9.10. The lowest BCUT2D eigenvalue weighted by Gasteiger charge is -2.18. The molecule has 0 aromatic heterocycles. The molecule has 0 atom stereocenters. The van der Waals surface area contributed by atoms with Gasteiger partial charge in [0, 0.05) is 29.3 Å². The van der Waals surface area contributed by atoms with Gasteiger partial charge >= 0.3 is 0 Å². The van der Waals surface area contributed by atoms with E-state index in [1.54, 1.807) is 0 Å². The summed E-state index contributed by atoms with van der Waals surface area (Å²) in [4.78, 5) is 2.41. The minimum absolute atomic E-state index is 0.718. The Morgan fingerprint density at radius 2 is 2.00 bits per heavy atom. The molecule has 0 radical (unpaired) electrons. The van der Waals surface area contributed by atoms with E-state index in [2.05, 4.69) is 33.0 Å². The molecule has 1 aromatic carbocycles. The van der Waals surface area contributed by atoms with Crippen molar-refractivity contribution in [3.8, 4) is 5.75 Å². The summed E-state index contributed by atoms with van der Waals surface area (Å²) in [6, 6.07) is 6.30. The zero-order chi connectivity index (χ0) is 10.7. The molecular weight excluding hydrogens is 254 g/mol. The molecule has 82 valence electrons. The van der Waals surface area contributed by atoms with Crippen LogP contribution >= 0.6 is 15.9 Å². The predicted octanol–water partition coefficient (Wildman–Crippen LogP) is 3.45. The minimum Gasteiger partial charge on any atom is -0.494 e. The van der Waals surface area contributed by atoms with Crippen molar-refractivity contribution in [2.75, 3.05) is 24.6 Å². The Balaban J connectivity index is 2.22. The summed E-state index contributed by atoms with van der Waals surface area (Å²) in [7, 11) is 0. The molecule has 1 fully saturated rings. The number of rotatable bonds is 3. The van der Waals surface area contributed by atoms with Gasteiger partial charge in [-0.1, -0.05) is 15.9 Å². The van der Waals surface area contributed by atoms with Gasteiger partial charge in [-0.15, -0.1) is 0 Å². The first-order valence-corrected chi connectivity index (χ1v) is 6.27. The van der Waals surface area contributed by atoms with Crippen molar-refractivity contribution >= 4 is 21.6 Å². The minimum atomic E-state index is 0.718. The quantitative estimate of drug-likeness (QED) is 0.834. The van der Waals surface area contributed by atoms with Gasteiger partial charge in [-0.05, 0) is 31.9 Å². The Morgan fingerprint density at radius 1 is 1.27 bits per heavy atom. The van der Waals surface area contributed by atoms with Crippen LogP contribution < -0.4 is 9.64 Å². The Hall–Kier alpha value is -0.700. The van der Waals surface area contributed by atoms with Crippen molar-refractivity contribution in [1.82, 2.24) is 0 Å². The van der Waals surface area contributed by atoms with Gasteiger partial charge in [0.05, 0.1) is 6.61 Å². The van der Waals surface area contributed by atoms with Crippen molar-refractivity contribution in [1.29, 1.82) is 0 Å². The molecule has 0 spiro atoms. The number of hydrogen-bond acceptors (Lipinski definition) is 2. The fourth-order valence-electron chi connectivity index (χ4n) is 1.96. The summed E-state index contributed by atoms with van der Waals surface area (Å²) in [6.45, 7) is 5.07. The van der Waals surface area contributed by atoms with Crippen molar-refractivity contribution in [2.24, 2.45) is 0 Å². The maximum Gasteiger partial charge on any atom is 0.122 e. The smallest absolute Gasteiger partial charge is 0.122 e. The van der Waals surface area contributed by atoms with Crippen LogP contribution in [0.15, 0.2) is 22.7 Å². The molecule has 1 aliphatic rings. The maximum atomic E-state index is 5.53. The van der Waals surface area contributed by atoms with Gasteiger partial charge in [-0.25, -0.2) is 0 Å². The average molecular weight is 270 g/mol. The first kappa shape index (κ1) is 10.8. The predicted molar refractivity (Wildman–Crippen MR) is 66.8 cm³/mol. The molecule has 0 N–H and O–H groups in total. The van der Waals surface area contributed by atoms with Crippen LogP contribution in [-0.4, -0.2) is 19.7 Å². The van der Waals surface area contributed by atoms with Gasteiger partial charge in [0.15, 0.2) is 0 Å². The summed E-state index contributed by atoms with van der Waals surface area (Å²) >= 11 is 3.52. The number of anilines is 1. The summed E-state index contributed by atoms with van der Waals surface area (Å²) < 4.78 is 6.62. The van der Waals surface area contributed by atoms with Crippen LogP contribution in [-0.2, 0) is 0 Å². The topological polar surface area (TPSA) is 12.5 Å². The molecule has 0 unspecified atom stereocenters. The van der Waals surface area contributed by atoms with Crippen molar-refractivity contribution in [2.45, 2.75) is 19.8 Å². The third-order valence-corrected chi connectivity index (χ3v) is 3.10. The molecule has 1 aliphatic heterocycles. The van der Waals surface area contributed by atoms with Crippen LogP contribution in [0.1, 0.15) is 19.8 Å². The first-order chi connectivity index (χ1) is 7.29. The monoisotopic (exact) mass is 269 g/mol. The number of hydrogen-bond donors (Lipinski definition) is 0. The second kappa shape index (κ2) is 4.88. The highest BCUT2D eigenvalue weighted by atomic mass is 79.9. The van der Waals surface area contributed by atoms with Gasteiger partial charge in [0.1, 0.15) is 5.75 Å². The fraction of sp³-hybridized carbons (Fsp3) is 0.500. The summed E-state index contributed by atoms with van der Waals surface area (Å²) in [6.07, 6.45) is 2.60. The standard InChI is InChI=1S/C12H16BrNO/c1-2-15-12-8-10(13)7-11(9-12)14-5-3-4-6-14/h7-9H,2-6H2,1H3. The second-order valence-electron chi connectivity index (χ2n) is 3.77. The van der Waals surface area contributed by atoms with E-state index in [0.29, 0.717) is 0 Å². The van der Waals surface area contributed by atoms with E-state index in [9.17, 15) is 0 Å². The second-order valence-corrected chi connectivity index (χ2v) is 4.69. The zero-order valence-electron chi connectivity index (χ0n) is 9.00. The van der Waals surface area contributed by atoms with E-state index in [-0.39, 0.29) is 0 Å². The van der Waals surface area contributed by atoms with E-state index in [4.69, 9.17) is 4.74 Å². The Kier molecular flexibility index (Phi) is 3.52. The Bertz CT molecular complexity index is 334. The van der Waals surface area contributed by atoms with Crippen LogP contribution in [0.5, 0.6) is 5.75 Å². The van der Waals surface area contributed by atoms with E-state index in [1.807, 2.05) is 13.0 Å². The van der Waals surface area contributed by atoms with Crippen LogP contribution in [0, 0.1) is 0 Å². The Morgan fingerprint density at radius 3 is 2.67 bits per heavy atom. The van der Waals surface area contributed by atoms with E-state index >= 15 is 0 Å². The highest BCUT2D eigenvalue weighted by Crippen LogP contribution is 2.29. The lowest BCUT2D eigenvalue weighted by atomic mass is 10.3. The Labute approximate surface area is 99.4 Å². The molecule has 15 heavy (non-hydrogen) atoms. The average Bonchev–Trinajstić information content (AvgIpc) is 2.70. The molecule has 0 saturated carbocycles. The van der Waals surface area contributed by atoms with Crippen LogP contribution in [0.2, 0.25) is 0 Å². The summed E-state index contributed by atoms with van der Waals surface area (Å²) in [5, 5.41) is 0. The molecule has 1 heterocycles. The summed E-state index contributed by atoms with van der Waals surface area (Å²) in [5.41, 5.74) is 1.27. The largest absolute Gasteiger partial charge is 0.494 e. The third-order valence-electron chi connectivity index (χ3n) is 2.64. The summed E-state index contributed by atoms with van der Waals surface area (Å²) in [5.74, 6) is 0.953. The first-order valence-electron chi connectivity index (χ1n) is 5.48. The molecule has 0 aliphatic carbocycles. The molecule has 1 saturated heterocycles. The lowest BCUT2D eigenvalue weighted by molar-refractivity contribution is 0.340. The number of nitrogens with zero attached hydrogens (tertiary/aromatic N) is 1. The molecule has 0 bridgehead atoms. The van der Waals surface area contributed by atoms with Crippen LogP contribution in [0.3, 0.4) is 0 Å². The molecule has 0 amide bonds. The normalized spacial score (nSPS) is 15.7. The van der Waals surface area contributed by atoms with E-state index in [1.165, 1.54) is 31.6 Å². The zero-order valence-corrected chi connectivity index (χ0v) is 10.6. The number of benzene rings is 1. The highest BCUT2D eigenvalue weighted by Gasteiger charge is 2.13. The number of ether oxygens (including phenoxy) is 1. The van der Waals surface area contributed by atoms with Crippen LogP contribution in [0.4, 0.5) is 5.69 Å². The molecule has 2 nitrogen and oxygen atoms in total. The van der Waals surface area contributed by atoms with Crippen LogP contribution in [0.25, 0.3) is 0 Å². The van der Waals surface area contributed by atoms with Gasteiger partial charge in [0.25, 0.3) is 0 Å².